The Bertz CT molecular complexity index is 347. The van der Waals surface area contributed by atoms with E-state index in [1.54, 1.807) is 6.92 Å². The number of nitrogens with one attached hydrogen (secondary N) is 1. The first kappa shape index (κ1) is 14.4. The highest BCUT2D eigenvalue weighted by Gasteiger charge is 2.24. The molecule has 1 aliphatic heterocycles. The lowest BCUT2D eigenvalue weighted by atomic mass is 10.1. The maximum absolute atomic E-state index is 11.3. The van der Waals surface area contributed by atoms with Crippen LogP contribution in [0.2, 0.25) is 0 Å². The largest absolute Gasteiger partial charge is 0.465 e. The minimum absolute atomic E-state index is 0.192. The Balaban J connectivity index is 2.26. The number of rotatable bonds is 5. The van der Waals surface area contributed by atoms with Crippen LogP contribution in [0.15, 0.2) is 0 Å². The van der Waals surface area contributed by atoms with Gasteiger partial charge in [-0.2, -0.15) is 0 Å². The number of ether oxygens (including phenoxy) is 1. The molecular weight excluding hydrogens is 244 g/mol. The van der Waals surface area contributed by atoms with E-state index >= 15 is 0 Å². The van der Waals surface area contributed by atoms with Gasteiger partial charge in [0.25, 0.3) is 0 Å². The molecule has 1 rings (SSSR count). The monoisotopic (exact) mass is 264 g/mol. The van der Waals surface area contributed by atoms with Crippen molar-refractivity contribution in [2.45, 2.75) is 25.8 Å². The van der Waals surface area contributed by atoms with Crippen molar-refractivity contribution < 1.29 is 17.9 Å². The van der Waals surface area contributed by atoms with Crippen LogP contribution in [0.1, 0.15) is 19.8 Å². The molecule has 0 bridgehead atoms. The molecule has 1 aliphatic rings. The SMILES string of the molecule is CCOC(=O)CNC1CCN(S(C)(=O)=O)CC1. The molecule has 1 heterocycles. The maximum Gasteiger partial charge on any atom is 0.319 e. The first-order chi connectivity index (χ1) is 7.93. The van der Waals surface area contributed by atoms with Gasteiger partial charge in [-0.05, 0) is 19.8 Å². The molecule has 0 unspecified atom stereocenters. The van der Waals surface area contributed by atoms with Crippen LogP contribution in [-0.2, 0) is 19.6 Å². The molecule has 1 N–H and O–H groups in total. The van der Waals surface area contributed by atoms with Crippen LogP contribution in [0.25, 0.3) is 0 Å². The van der Waals surface area contributed by atoms with Crippen LogP contribution in [0.5, 0.6) is 0 Å². The molecule has 6 nitrogen and oxygen atoms in total. The zero-order chi connectivity index (χ0) is 12.9. The van der Waals surface area contributed by atoms with Crippen molar-refractivity contribution in [3.05, 3.63) is 0 Å². The van der Waals surface area contributed by atoms with Crippen molar-refractivity contribution in [3.8, 4) is 0 Å². The second kappa shape index (κ2) is 6.32. The van der Waals surface area contributed by atoms with E-state index in [1.807, 2.05) is 0 Å². The number of carbonyl (C=O) groups excluding carboxylic acids is 1. The molecule has 0 aromatic heterocycles. The standard InChI is InChI=1S/C10H20N2O4S/c1-3-16-10(13)8-11-9-4-6-12(7-5-9)17(2,14)15/h9,11H,3-8H2,1-2H3. The zero-order valence-electron chi connectivity index (χ0n) is 10.3. The highest BCUT2D eigenvalue weighted by Crippen LogP contribution is 2.12. The molecule has 0 saturated carbocycles. The first-order valence-corrected chi connectivity index (χ1v) is 7.62. The van der Waals surface area contributed by atoms with Crippen LogP contribution in [0.4, 0.5) is 0 Å². The van der Waals surface area contributed by atoms with Gasteiger partial charge in [0.15, 0.2) is 0 Å². The van der Waals surface area contributed by atoms with Gasteiger partial charge < -0.3 is 10.1 Å². The van der Waals surface area contributed by atoms with E-state index in [4.69, 9.17) is 4.74 Å². The fourth-order valence-electron chi connectivity index (χ4n) is 1.83. The summed E-state index contributed by atoms with van der Waals surface area (Å²) in [5, 5.41) is 3.08. The van der Waals surface area contributed by atoms with E-state index in [9.17, 15) is 13.2 Å². The quantitative estimate of drug-likeness (QED) is 0.682. The van der Waals surface area contributed by atoms with E-state index in [0.717, 1.165) is 12.8 Å². The third kappa shape index (κ3) is 5.01. The summed E-state index contributed by atoms with van der Waals surface area (Å²) in [6, 6.07) is 0.192. The Labute approximate surface area is 102 Å². The third-order valence-electron chi connectivity index (χ3n) is 2.76. The van der Waals surface area contributed by atoms with E-state index in [-0.39, 0.29) is 18.6 Å². The van der Waals surface area contributed by atoms with Gasteiger partial charge >= 0.3 is 5.97 Å². The van der Waals surface area contributed by atoms with Gasteiger partial charge in [0.2, 0.25) is 10.0 Å². The minimum Gasteiger partial charge on any atom is -0.465 e. The fraction of sp³-hybridized carbons (Fsp3) is 0.900. The van der Waals surface area contributed by atoms with Crippen molar-refractivity contribution in [3.63, 3.8) is 0 Å². The molecular formula is C10H20N2O4S. The van der Waals surface area contributed by atoms with Crippen LogP contribution in [0, 0.1) is 0 Å². The second-order valence-corrected chi connectivity index (χ2v) is 6.10. The maximum atomic E-state index is 11.3. The summed E-state index contributed by atoms with van der Waals surface area (Å²) in [4.78, 5) is 11.1. The Hall–Kier alpha value is -0.660. The molecule has 0 amide bonds. The molecule has 0 atom stereocenters. The zero-order valence-corrected chi connectivity index (χ0v) is 11.1. The van der Waals surface area contributed by atoms with Crippen molar-refractivity contribution in [1.82, 2.24) is 9.62 Å². The van der Waals surface area contributed by atoms with Gasteiger partial charge in [0, 0.05) is 19.1 Å². The predicted octanol–water partition coefficient (Wildman–Crippen LogP) is -0.437. The normalized spacial score (nSPS) is 19.2. The molecule has 7 heteroatoms. The lowest BCUT2D eigenvalue weighted by Gasteiger charge is -2.30. The summed E-state index contributed by atoms with van der Waals surface area (Å²) in [5.74, 6) is -0.266. The van der Waals surface area contributed by atoms with Gasteiger partial charge in [-0.15, -0.1) is 0 Å². The average Bonchev–Trinajstić information content (AvgIpc) is 2.26. The lowest BCUT2D eigenvalue weighted by molar-refractivity contribution is -0.142. The van der Waals surface area contributed by atoms with Crippen molar-refractivity contribution in [1.29, 1.82) is 0 Å². The number of hydrogen-bond donors (Lipinski definition) is 1. The van der Waals surface area contributed by atoms with Gasteiger partial charge in [-0.3, -0.25) is 4.79 Å². The van der Waals surface area contributed by atoms with Gasteiger partial charge in [-0.25, -0.2) is 12.7 Å². The Morgan fingerprint density at radius 1 is 1.41 bits per heavy atom. The second-order valence-electron chi connectivity index (χ2n) is 4.12. The number of esters is 1. The number of nitrogens with zero attached hydrogens (tertiary/aromatic N) is 1. The van der Waals surface area contributed by atoms with Crippen LogP contribution in [0.3, 0.4) is 0 Å². The van der Waals surface area contributed by atoms with Gasteiger partial charge in [0.05, 0.1) is 19.4 Å². The topological polar surface area (TPSA) is 75.7 Å². The number of sulfonamides is 1. The van der Waals surface area contributed by atoms with E-state index in [2.05, 4.69) is 5.32 Å². The van der Waals surface area contributed by atoms with Crippen LogP contribution in [-0.4, -0.2) is 57.2 Å². The number of carbonyl (C=O) groups is 1. The van der Waals surface area contributed by atoms with Gasteiger partial charge in [0.1, 0.15) is 0 Å². The highest BCUT2D eigenvalue weighted by atomic mass is 32.2. The summed E-state index contributed by atoms with van der Waals surface area (Å²) in [7, 11) is -3.08. The fourth-order valence-corrected chi connectivity index (χ4v) is 2.71. The minimum atomic E-state index is -3.08. The smallest absolute Gasteiger partial charge is 0.319 e. The first-order valence-electron chi connectivity index (χ1n) is 5.77. The van der Waals surface area contributed by atoms with E-state index in [1.165, 1.54) is 10.6 Å². The van der Waals surface area contributed by atoms with Crippen molar-refractivity contribution >= 4 is 16.0 Å². The Morgan fingerprint density at radius 3 is 2.47 bits per heavy atom. The Morgan fingerprint density at radius 2 is 2.00 bits per heavy atom. The summed E-state index contributed by atoms with van der Waals surface area (Å²) in [6.45, 7) is 3.37. The average molecular weight is 264 g/mol. The number of piperidine rings is 1. The van der Waals surface area contributed by atoms with Crippen LogP contribution >= 0.6 is 0 Å². The van der Waals surface area contributed by atoms with Crippen molar-refractivity contribution in [2.75, 3.05) is 32.5 Å². The molecule has 0 aromatic rings. The Kier molecular flexibility index (Phi) is 5.35. The van der Waals surface area contributed by atoms with Crippen LogP contribution < -0.4 is 5.32 Å². The predicted molar refractivity (Wildman–Crippen MR) is 64.1 cm³/mol. The molecule has 0 radical (unpaired) electrons. The summed E-state index contributed by atoms with van der Waals surface area (Å²) >= 11 is 0. The molecule has 17 heavy (non-hydrogen) atoms. The third-order valence-corrected chi connectivity index (χ3v) is 4.07. The summed E-state index contributed by atoms with van der Waals surface area (Å²) in [5.41, 5.74) is 0. The molecule has 0 spiro atoms. The highest BCUT2D eigenvalue weighted by molar-refractivity contribution is 7.88. The molecule has 0 aliphatic carbocycles. The summed E-state index contributed by atoms with van der Waals surface area (Å²) < 4.78 is 28.8. The number of hydrogen-bond acceptors (Lipinski definition) is 5. The molecule has 1 saturated heterocycles. The molecule has 1 fully saturated rings. The van der Waals surface area contributed by atoms with Gasteiger partial charge in [-0.1, -0.05) is 0 Å². The lowest BCUT2D eigenvalue weighted by Crippen LogP contribution is -2.45. The summed E-state index contributed by atoms with van der Waals surface area (Å²) in [6.07, 6.45) is 2.68. The molecule has 0 aromatic carbocycles. The van der Waals surface area contributed by atoms with E-state index < -0.39 is 10.0 Å². The van der Waals surface area contributed by atoms with E-state index in [0.29, 0.717) is 19.7 Å². The molecule has 100 valence electrons. The van der Waals surface area contributed by atoms with Crippen molar-refractivity contribution in [2.24, 2.45) is 0 Å².